The van der Waals surface area contributed by atoms with E-state index in [9.17, 15) is 9.59 Å². The van der Waals surface area contributed by atoms with Crippen molar-refractivity contribution in [2.45, 2.75) is 83.5 Å². The van der Waals surface area contributed by atoms with Gasteiger partial charge >= 0.3 is 0 Å². The molecular weight excluding hydrogens is 525 g/mol. The smallest absolute Gasteiger partial charge is 0.166 e. The van der Waals surface area contributed by atoms with Gasteiger partial charge in [-0.3, -0.25) is 9.59 Å². The fourth-order valence-electron chi connectivity index (χ4n) is 6.04. The van der Waals surface area contributed by atoms with Crippen LogP contribution < -0.4 is 10.6 Å². The third-order valence-corrected chi connectivity index (χ3v) is 9.64. The highest BCUT2D eigenvalue weighted by Gasteiger charge is 2.26. The maximum absolute atomic E-state index is 12.7. The van der Waals surface area contributed by atoms with Crippen LogP contribution in [0, 0.1) is 0 Å². The first-order chi connectivity index (χ1) is 19.2. The molecule has 4 aromatic heterocycles. The molecule has 0 aliphatic heterocycles. The van der Waals surface area contributed by atoms with Crippen molar-refractivity contribution in [3.63, 3.8) is 0 Å². The van der Waals surface area contributed by atoms with E-state index in [1.54, 1.807) is 22.7 Å². The van der Waals surface area contributed by atoms with Gasteiger partial charge in [-0.05, 0) is 61.4 Å². The Bertz CT molecular complexity index is 1390. The number of hydrogen-bond acceptors (Lipinski definition) is 8. The lowest BCUT2D eigenvalue weighted by Gasteiger charge is -2.19. The minimum atomic E-state index is 0.240. The third kappa shape index (κ3) is 5.59. The maximum Gasteiger partial charge on any atom is 0.166 e. The van der Waals surface area contributed by atoms with Gasteiger partial charge < -0.3 is 10.6 Å². The van der Waals surface area contributed by atoms with Gasteiger partial charge in [-0.25, -0.2) is 9.97 Å². The van der Waals surface area contributed by atoms with E-state index in [1.165, 1.54) is 32.1 Å². The monoisotopic (exact) mass is 560 g/mol. The number of Topliss-reactive ketones (excluding diaryl/α,β-unsaturated/α-hetero) is 2. The molecule has 0 unspecified atom stereocenters. The molecule has 2 aliphatic carbocycles. The standard InChI is InChI=1S/C31H36N4O2S2/c36-24-12-8-10-22-26(24)28(20-14-18-38-30(20)34-22)32-16-6-4-2-1-3-5-7-17-33-29-21-15-19-39-31(21)35-23-11-9-13-25(37)27(23)29/h14-15,18-19H,1-13,16-17H2,(H,32,34)(H,33,35). The number of pyridine rings is 2. The molecule has 2 aliphatic rings. The van der Waals surface area contributed by atoms with Gasteiger partial charge in [0.05, 0.1) is 33.9 Å². The summed E-state index contributed by atoms with van der Waals surface area (Å²) >= 11 is 3.31. The summed E-state index contributed by atoms with van der Waals surface area (Å²) in [7, 11) is 0. The molecule has 0 radical (unpaired) electrons. The maximum atomic E-state index is 12.7. The first-order valence-electron chi connectivity index (χ1n) is 14.5. The average Bonchev–Trinajstić information content (AvgIpc) is 3.60. The predicted molar refractivity (Wildman–Crippen MR) is 163 cm³/mol. The minimum absolute atomic E-state index is 0.240. The van der Waals surface area contributed by atoms with Gasteiger partial charge in [-0.15, -0.1) is 22.7 Å². The molecule has 6 nitrogen and oxygen atoms in total. The molecule has 0 aromatic carbocycles. The number of carbonyl (C=O) groups excluding carboxylic acids is 2. The number of nitrogens with zero attached hydrogens (tertiary/aromatic N) is 2. The largest absolute Gasteiger partial charge is 0.384 e. The number of carbonyl (C=O) groups is 2. The highest BCUT2D eigenvalue weighted by molar-refractivity contribution is 7.17. The van der Waals surface area contributed by atoms with Crippen LogP contribution in [0.1, 0.15) is 103 Å². The second-order valence-electron chi connectivity index (χ2n) is 10.8. The second-order valence-corrected chi connectivity index (χ2v) is 12.6. The van der Waals surface area contributed by atoms with Crippen LogP contribution in [0.15, 0.2) is 22.9 Å². The van der Waals surface area contributed by atoms with Crippen molar-refractivity contribution in [3.05, 3.63) is 45.4 Å². The van der Waals surface area contributed by atoms with E-state index in [4.69, 9.17) is 9.97 Å². The summed E-state index contributed by atoms with van der Waals surface area (Å²) in [4.78, 5) is 36.9. The number of ketones is 2. The fraction of sp³-hybridized carbons (Fsp3) is 0.484. The number of thiophene rings is 2. The second kappa shape index (κ2) is 12.1. The molecule has 39 heavy (non-hydrogen) atoms. The number of rotatable bonds is 12. The van der Waals surface area contributed by atoms with Gasteiger partial charge in [-0.1, -0.05) is 32.1 Å². The molecule has 0 saturated carbocycles. The van der Waals surface area contributed by atoms with Gasteiger partial charge in [0, 0.05) is 36.7 Å². The van der Waals surface area contributed by atoms with Crippen molar-refractivity contribution in [3.8, 4) is 0 Å². The zero-order valence-corrected chi connectivity index (χ0v) is 24.1. The highest BCUT2D eigenvalue weighted by Crippen LogP contribution is 2.37. The van der Waals surface area contributed by atoms with Crippen LogP contribution in [-0.4, -0.2) is 34.6 Å². The van der Waals surface area contributed by atoms with Crippen LogP contribution in [0.3, 0.4) is 0 Å². The molecule has 0 atom stereocenters. The molecule has 6 rings (SSSR count). The van der Waals surface area contributed by atoms with E-state index in [-0.39, 0.29) is 11.6 Å². The first kappa shape index (κ1) is 26.4. The van der Waals surface area contributed by atoms with Gasteiger partial charge in [0.2, 0.25) is 0 Å². The lowest BCUT2D eigenvalue weighted by molar-refractivity contribution is 0.0964. The molecule has 4 heterocycles. The Labute approximate surface area is 237 Å². The molecule has 8 heteroatoms. The summed E-state index contributed by atoms with van der Waals surface area (Å²) in [6.07, 6.45) is 13.2. The number of fused-ring (bicyclic) bond motifs is 4. The Hall–Kier alpha value is -2.84. The van der Waals surface area contributed by atoms with Crippen molar-refractivity contribution < 1.29 is 9.59 Å². The van der Waals surface area contributed by atoms with Crippen molar-refractivity contribution >= 4 is 66.0 Å². The Kier molecular flexibility index (Phi) is 8.21. The molecule has 0 amide bonds. The quantitative estimate of drug-likeness (QED) is 0.170. The third-order valence-electron chi connectivity index (χ3n) is 8.03. The summed E-state index contributed by atoms with van der Waals surface area (Å²) in [6, 6.07) is 4.19. The van der Waals surface area contributed by atoms with Gasteiger partial charge in [-0.2, -0.15) is 0 Å². The molecular formula is C31H36N4O2S2. The Morgan fingerprint density at radius 1 is 0.615 bits per heavy atom. The summed E-state index contributed by atoms with van der Waals surface area (Å²) in [5, 5.41) is 13.6. The number of nitrogens with one attached hydrogen (secondary N) is 2. The molecule has 4 aromatic rings. The Balaban J connectivity index is 0.915. The molecule has 2 N–H and O–H groups in total. The molecule has 0 spiro atoms. The van der Waals surface area contributed by atoms with Gasteiger partial charge in [0.25, 0.3) is 0 Å². The number of aromatic nitrogens is 2. The summed E-state index contributed by atoms with van der Waals surface area (Å²) in [5.41, 5.74) is 5.69. The molecule has 204 valence electrons. The SMILES string of the molecule is O=C1CCCc2nc3sccc3c(NCCCCCCCCCNc3c4c(nc5sccc35)CCCC4=O)c21. The lowest BCUT2D eigenvalue weighted by atomic mass is 9.92. The van der Waals surface area contributed by atoms with Crippen molar-refractivity contribution in [2.24, 2.45) is 0 Å². The van der Waals surface area contributed by atoms with Crippen LogP contribution in [0.25, 0.3) is 20.4 Å². The summed E-state index contributed by atoms with van der Waals surface area (Å²) in [5.74, 6) is 0.480. The number of anilines is 2. The zero-order chi connectivity index (χ0) is 26.6. The van der Waals surface area contributed by atoms with Crippen molar-refractivity contribution in [1.29, 1.82) is 0 Å². The minimum Gasteiger partial charge on any atom is -0.384 e. The molecule has 0 bridgehead atoms. The van der Waals surface area contributed by atoms with E-state index in [1.807, 2.05) is 0 Å². The highest BCUT2D eigenvalue weighted by atomic mass is 32.1. The van der Waals surface area contributed by atoms with Gasteiger partial charge in [0.1, 0.15) is 9.66 Å². The van der Waals surface area contributed by atoms with E-state index in [2.05, 4.69) is 33.5 Å². The van der Waals surface area contributed by atoms with Gasteiger partial charge in [0.15, 0.2) is 11.6 Å². The molecule has 0 saturated heterocycles. The molecule has 0 fully saturated rings. The number of hydrogen-bond donors (Lipinski definition) is 2. The fourth-order valence-corrected chi connectivity index (χ4v) is 7.63. The van der Waals surface area contributed by atoms with E-state index < -0.39 is 0 Å². The van der Waals surface area contributed by atoms with Crippen LogP contribution >= 0.6 is 22.7 Å². The first-order valence-corrected chi connectivity index (χ1v) is 16.3. The van der Waals surface area contributed by atoms with Crippen LogP contribution in [0.2, 0.25) is 0 Å². The number of aryl methyl sites for hydroxylation is 2. The van der Waals surface area contributed by atoms with E-state index in [0.29, 0.717) is 12.8 Å². The summed E-state index contributed by atoms with van der Waals surface area (Å²) < 4.78 is 0. The van der Waals surface area contributed by atoms with E-state index in [0.717, 1.165) is 106 Å². The average molecular weight is 561 g/mol. The topological polar surface area (TPSA) is 84.0 Å². The lowest BCUT2D eigenvalue weighted by Crippen LogP contribution is -2.17. The predicted octanol–water partition coefficient (Wildman–Crippen LogP) is 8.20. The van der Waals surface area contributed by atoms with Crippen LogP contribution in [0.5, 0.6) is 0 Å². The normalized spacial score (nSPS) is 15.1. The Morgan fingerprint density at radius 3 is 1.51 bits per heavy atom. The zero-order valence-electron chi connectivity index (χ0n) is 22.4. The van der Waals surface area contributed by atoms with Crippen LogP contribution in [-0.2, 0) is 12.8 Å². The van der Waals surface area contributed by atoms with Crippen LogP contribution in [0.4, 0.5) is 11.4 Å². The van der Waals surface area contributed by atoms with Crippen molar-refractivity contribution in [2.75, 3.05) is 23.7 Å². The Morgan fingerprint density at radius 2 is 1.05 bits per heavy atom. The van der Waals surface area contributed by atoms with Crippen molar-refractivity contribution in [1.82, 2.24) is 9.97 Å². The number of unbranched alkanes of at least 4 members (excludes halogenated alkanes) is 6. The summed E-state index contributed by atoms with van der Waals surface area (Å²) in [6.45, 7) is 1.79. The van der Waals surface area contributed by atoms with E-state index >= 15 is 0 Å².